The molecule has 1 heterocycles. The first-order valence-corrected chi connectivity index (χ1v) is 8.99. The molecule has 1 aliphatic heterocycles. The summed E-state index contributed by atoms with van der Waals surface area (Å²) in [6.07, 6.45) is 0. The highest BCUT2D eigenvalue weighted by Crippen LogP contribution is 2.34. The third kappa shape index (κ3) is 3.67. The molecule has 3 aromatic rings. The zero-order valence-corrected chi connectivity index (χ0v) is 15.4. The van der Waals surface area contributed by atoms with Crippen molar-refractivity contribution in [2.45, 2.75) is 13.0 Å². The monoisotopic (exact) mass is 362 g/mol. The van der Waals surface area contributed by atoms with Crippen LogP contribution in [-0.2, 0) is 4.79 Å². The molecule has 1 atom stereocenters. The second kappa shape index (κ2) is 7.19. The van der Waals surface area contributed by atoms with Crippen molar-refractivity contribution in [3.8, 4) is 11.5 Å². The van der Waals surface area contributed by atoms with Crippen molar-refractivity contribution in [3.63, 3.8) is 0 Å². The normalized spacial score (nSPS) is 13.4. The molecule has 5 nitrogen and oxygen atoms in total. The van der Waals surface area contributed by atoms with Gasteiger partial charge in [-0.15, -0.1) is 0 Å². The summed E-state index contributed by atoms with van der Waals surface area (Å²) in [6.45, 7) is 2.49. The van der Waals surface area contributed by atoms with Crippen LogP contribution in [0, 0.1) is 0 Å². The number of ether oxygens (including phenoxy) is 2. The predicted molar refractivity (Wildman–Crippen MR) is 106 cm³/mol. The molecular formula is C22H22N2O3. The average molecular weight is 362 g/mol. The number of hydrogen-bond donors (Lipinski definition) is 1. The molecule has 27 heavy (non-hydrogen) atoms. The standard InChI is InChI=1S/C22H22N2O3/c1-15(17-8-10-20-21(12-17)27-14-26-20)23-22(25)13-24(2)19-9-7-16-5-3-4-6-18(16)11-19/h3-12,15H,13-14H2,1-2H3,(H,23,25)/t15-/m1/s1. The van der Waals surface area contributed by atoms with Crippen molar-refractivity contribution in [2.24, 2.45) is 0 Å². The summed E-state index contributed by atoms with van der Waals surface area (Å²) in [5, 5.41) is 5.40. The molecule has 0 aliphatic carbocycles. The van der Waals surface area contributed by atoms with Crippen LogP contribution in [0.4, 0.5) is 5.69 Å². The molecule has 1 aliphatic rings. The van der Waals surface area contributed by atoms with E-state index in [1.54, 1.807) is 0 Å². The number of rotatable bonds is 5. The Morgan fingerprint density at radius 2 is 1.81 bits per heavy atom. The zero-order valence-electron chi connectivity index (χ0n) is 15.4. The van der Waals surface area contributed by atoms with Crippen molar-refractivity contribution < 1.29 is 14.3 Å². The van der Waals surface area contributed by atoms with Crippen LogP contribution >= 0.6 is 0 Å². The Morgan fingerprint density at radius 1 is 1.04 bits per heavy atom. The summed E-state index contributed by atoms with van der Waals surface area (Å²) in [4.78, 5) is 14.5. The largest absolute Gasteiger partial charge is 0.454 e. The second-order valence-corrected chi connectivity index (χ2v) is 6.79. The first-order chi connectivity index (χ1) is 13.1. The van der Waals surface area contributed by atoms with Crippen LogP contribution in [0.15, 0.2) is 60.7 Å². The van der Waals surface area contributed by atoms with E-state index in [4.69, 9.17) is 9.47 Å². The topological polar surface area (TPSA) is 50.8 Å². The number of amides is 1. The number of benzene rings is 3. The van der Waals surface area contributed by atoms with Crippen LogP contribution < -0.4 is 19.7 Å². The fourth-order valence-corrected chi connectivity index (χ4v) is 3.27. The van der Waals surface area contributed by atoms with E-state index in [1.165, 1.54) is 5.39 Å². The van der Waals surface area contributed by atoms with Crippen LogP contribution in [0.5, 0.6) is 11.5 Å². The lowest BCUT2D eigenvalue weighted by atomic mass is 10.1. The van der Waals surface area contributed by atoms with Gasteiger partial charge in [0.25, 0.3) is 0 Å². The van der Waals surface area contributed by atoms with Gasteiger partial charge in [0.15, 0.2) is 11.5 Å². The minimum Gasteiger partial charge on any atom is -0.454 e. The molecule has 0 spiro atoms. The smallest absolute Gasteiger partial charge is 0.239 e. The van der Waals surface area contributed by atoms with Gasteiger partial charge in [0.2, 0.25) is 12.7 Å². The molecule has 4 rings (SSSR count). The number of nitrogens with zero attached hydrogens (tertiary/aromatic N) is 1. The summed E-state index contributed by atoms with van der Waals surface area (Å²) in [5.41, 5.74) is 2.00. The lowest BCUT2D eigenvalue weighted by molar-refractivity contribution is -0.120. The number of carbonyl (C=O) groups is 1. The van der Waals surface area contributed by atoms with Crippen LogP contribution in [0.25, 0.3) is 10.8 Å². The number of hydrogen-bond acceptors (Lipinski definition) is 4. The maximum Gasteiger partial charge on any atom is 0.239 e. The van der Waals surface area contributed by atoms with Gasteiger partial charge in [-0.05, 0) is 47.5 Å². The van der Waals surface area contributed by atoms with Gasteiger partial charge in [-0.25, -0.2) is 0 Å². The molecule has 0 fully saturated rings. The lowest BCUT2D eigenvalue weighted by Crippen LogP contribution is -2.36. The second-order valence-electron chi connectivity index (χ2n) is 6.79. The summed E-state index contributed by atoms with van der Waals surface area (Å²) in [5.74, 6) is 1.44. The molecule has 5 heteroatoms. The number of anilines is 1. The summed E-state index contributed by atoms with van der Waals surface area (Å²) >= 11 is 0. The Labute approximate surface area is 158 Å². The molecule has 0 bridgehead atoms. The number of fused-ring (bicyclic) bond motifs is 2. The zero-order chi connectivity index (χ0) is 18.8. The fourth-order valence-electron chi connectivity index (χ4n) is 3.27. The van der Waals surface area contributed by atoms with E-state index in [9.17, 15) is 4.79 Å². The number of likely N-dealkylation sites (N-methyl/N-ethyl adjacent to an activating group) is 1. The Hall–Kier alpha value is -3.21. The number of nitrogens with one attached hydrogen (secondary N) is 1. The van der Waals surface area contributed by atoms with E-state index in [2.05, 4.69) is 29.6 Å². The van der Waals surface area contributed by atoms with Gasteiger partial charge >= 0.3 is 0 Å². The van der Waals surface area contributed by atoms with Crippen molar-refractivity contribution in [1.29, 1.82) is 0 Å². The molecular weight excluding hydrogens is 340 g/mol. The van der Waals surface area contributed by atoms with E-state index in [0.717, 1.165) is 28.1 Å². The van der Waals surface area contributed by atoms with Gasteiger partial charge in [-0.1, -0.05) is 36.4 Å². The highest BCUT2D eigenvalue weighted by Gasteiger charge is 2.17. The summed E-state index contributed by atoms with van der Waals surface area (Å²) in [6, 6.07) is 20.1. The van der Waals surface area contributed by atoms with Crippen molar-refractivity contribution in [1.82, 2.24) is 5.32 Å². The first kappa shape index (κ1) is 17.2. The third-order valence-corrected chi connectivity index (χ3v) is 4.83. The van der Waals surface area contributed by atoms with Crippen LogP contribution in [0.2, 0.25) is 0 Å². The van der Waals surface area contributed by atoms with Gasteiger partial charge in [0.05, 0.1) is 12.6 Å². The SMILES string of the molecule is C[C@@H](NC(=O)CN(C)c1ccc2ccccc2c1)c1ccc2c(c1)OCO2. The Kier molecular flexibility index (Phi) is 4.59. The Morgan fingerprint density at radius 3 is 2.67 bits per heavy atom. The van der Waals surface area contributed by atoms with Crippen molar-refractivity contribution in [2.75, 3.05) is 25.3 Å². The molecule has 138 valence electrons. The summed E-state index contributed by atoms with van der Waals surface area (Å²) in [7, 11) is 1.93. The summed E-state index contributed by atoms with van der Waals surface area (Å²) < 4.78 is 10.7. The molecule has 1 amide bonds. The van der Waals surface area contributed by atoms with E-state index in [0.29, 0.717) is 0 Å². The Balaban J connectivity index is 1.40. The van der Waals surface area contributed by atoms with Gasteiger partial charge < -0.3 is 19.7 Å². The highest BCUT2D eigenvalue weighted by molar-refractivity contribution is 5.87. The van der Waals surface area contributed by atoms with E-state index in [-0.39, 0.29) is 25.3 Å². The maximum atomic E-state index is 12.5. The minimum atomic E-state index is -0.114. The van der Waals surface area contributed by atoms with E-state index >= 15 is 0 Å². The van der Waals surface area contributed by atoms with Crippen molar-refractivity contribution >= 4 is 22.4 Å². The molecule has 0 saturated heterocycles. The molecule has 3 aromatic carbocycles. The first-order valence-electron chi connectivity index (χ1n) is 8.99. The Bertz CT molecular complexity index is 986. The van der Waals surface area contributed by atoms with Crippen LogP contribution in [-0.4, -0.2) is 26.3 Å². The molecule has 0 aromatic heterocycles. The lowest BCUT2D eigenvalue weighted by Gasteiger charge is -2.21. The molecule has 0 saturated carbocycles. The average Bonchev–Trinajstić information content (AvgIpc) is 3.15. The van der Waals surface area contributed by atoms with Gasteiger partial charge in [0, 0.05) is 12.7 Å². The molecule has 0 unspecified atom stereocenters. The quantitative estimate of drug-likeness (QED) is 0.748. The maximum absolute atomic E-state index is 12.5. The fraction of sp³-hybridized carbons (Fsp3) is 0.227. The molecule has 1 N–H and O–H groups in total. The number of carbonyl (C=O) groups excluding carboxylic acids is 1. The minimum absolute atomic E-state index is 0.0316. The van der Waals surface area contributed by atoms with Gasteiger partial charge in [-0.3, -0.25) is 4.79 Å². The van der Waals surface area contributed by atoms with Gasteiger partial charge in [0.1, 0.15) is 0 Å². The highest BCUT2D eigenvalue weighted by atomic mass is 16.7. The predicted octanol–water partition coefficient (Wildman–Crippen LogP) is 3.88. The van der Waals surface area contributed by atoms with Crippen LogP contribution in [0.3, 0.4) is 0 Å². The van der Waals surface area contributed by atoms with E-state index < -0.39 is 0 Å². The van der Waals surface area contributed by atoms with Crippen LogP contribution in [0.1, 0.15) is 18.5 Å². The van der Waals surface area contributed by atoms with Crippen molar-refractivity contribution in [3.05, 3.63) is 66.2 Å². The van der Waals surface area contributed by atoms with E-state index in [1.807, 2.05) is 55.3 Å². The third-order valence-electron chi connectivity index (χ3n) is 4.83. The molecule has 0 radical (unpaired) electrons. The van der Waals surface area contributed by atoms with Gasteiger partial charge in [-0.2, -0.15) is 0 Å².